The summed E-state index contributed by atoms with van der Waals surface area (Å²) in [5.41, 5.74) is 0.325. The first-order chi connectivity index (χ1) is 6.05. The molecule has 1 aliphatic rings. The zero-order chi connectivity index (χ0) is 9.90. The van der Waals surface area contributed by atoms with Gasteiger partial charge in [-0.2, -0.15) is 0 Å². The number of cyclic esters (lactones) is 1. The topological polar surface area (TPSA) is 43.4 Å². The van der Waals surface area contributed by atoms with Crippen molar-refractivity contribution in [3.8, 4) is 0 Å². The van der Waals surface area contributed by atoms with Gasteiger partial charge in [0.2, 0.25) is 0 Å². The van der Waals surface area contributed by atoms with Crippen molar-refractivity contribution >= 4 is 12.3 Å². The first-order valence-electron chi connectivity index (χ1n) is 4.38. The molecule has 13 heavy (non-hydrogen) atoms. The smallest absolute Gasteiger partial charge is 0.333 e. The van der Waals surface area contributed by atoms with E-state index in [1.165, 1.54) is 0 Å². The van der Waals surface area contributed by atoms with E-state index >= 15 is 0 Å². The molecule has 0 aromatic rings. The van der Waals surface area contributed by atoms with Crippen LogP contribution in [0.5, 0.6) is 0 Å². The Kier molecular flexibility index (Phi) is 2.86. The molecule has 0 spiro atoms. The first-order valence-corrected chi connectivity index (χ1v) is 4.38. The molecular weight excluding hydrogens is 168 g/mol. The third-order valence-electron chi connectivity index (χ3n) is 2.06. The van der Waals surface area contributed by atoms with Crippen LogP contribution >= 0.6 is 0 Å². The molecule has 0 atom stereocenters. The summed E-state index contributed by atoms with van der Waals surface area (Å²) >= 11 is 0. The maximum absolute atomic E-state index is 11.0. The Morgan fingerprint density at radius 3 is 2.69 bits per heavy atom. The van der Waals surface area contributed by atoms with Crippen molar-refractivity contribution in [1.82, 2.24) is 0 Å². The SMILES string of the molecule is CC(C)(C=O)C/C=C1/CCOC1=O. The number of rotatable bonds is 3. The van der Waals surface area contributed by atoms with Crippen molar-refractivity contribution in [2.45, 2.75) is 26.7 Å². The average Bonchev–Trinajstić information content (AvgIpc) is 2.48. The predicted octanol–water partition coefficient (Wildman–Crippen LogP) is 1.47. The molecule has 1 heterocycles. The molecule has 1 rings (SSSR count). The van der Waals surface area contributed by atoms with E-state index in [0.29, 0.717) is 25.0 Å². The molecule has 0 radical (unpaired) electrons. The van der Waals surface area contributed by atoms with Gasteiger partial charge in [-0.25, -0.2) is 4.79 Å². The molecule has 3 nitrogen and oxygen atoms in total. The zero-order valence-electron chi connectivity index (χ0n) is 8.00. The molecule has 0 amide bonds. The zero-order valence-corrected chi connectivity index (χ0v) is 8.00. The fraction of sp³-hybridized carbons (Fsp3) is 0.600. The molecule has 0 aromatic heterocycles. The van der Waals surface area contributed by atoms with Gasteiger partial charge in [0.15, 0.2) is 0 Å². The lowest BCUT2D eigenvalue weighted by Gasteiger charge is -2.12. The van der Waals surface area contributed by atoms with E-state index < -0.39 is 0 Å². The Morgan fingerprint density at radius 2 is 2.23 bits per heavy atom. The highest BCUT2D eigenvalue weighted by atomic mass is 16.5. The normalized spacial score (nSPS) is 20.5. The van der Waals surface area contributed by atoms with Crippen LogP contribution in [0.2, 0.25) is 0 Å². The van der Waals surface area contributed by atoms with Crippen LogP contribution in [0.4, 0.5) is 0 Å². The first kappa shape index (κ1) is 9.96. The number of carbonyl (C=O) groups excluding carboxylic acids is 2. The quantitative estimate of drug-likeness (QED) is 0.377. The van der Waals surface area contributed by atoms with Gasteiger partial charge in [0.1, 0.15) is 6.29 Å². The van der Waals surface area contributed by atoms with Gasteiger partial charge < -0.3 is 9.53 Å². The van der Waals surface area contributed by atoms with Gasteiger partial charge in [0, 0.05) is 17.4 Å². The van der Waals surface area contributed by atoms with E-state index in [0.717, 1.165) is 6.29 Å². The van der Waals surface area contributed by atoms with Gasteiger partial charge in [-0.05, 0) is 6.42 Å². The fourth-order valence-electron chi connectivity index (χ4n) is 1.07. The maximum Gasteiger partial charge on any atom is 0.333 e. The summed E-state index contributed by atoms with van der Waals surface area (Å²) in [7, 11) is 0. The predicted molar refractivity (Wildman–Crippen MR) is 48.1 cm³/mol. The highest BCUT2D eigenvalue weighted by Crippen LogP contribution is 2.21. The highest BCUT2D eigenvalue weighted by molar-refractivity contribution is 5.90. The van der Waals surface area contributed by atoms with Crippen molar-refractivity contribution in [2.24, 2.45) is 5.41 Å². The minimum Gasteiger partial charge on any atom is -0.462 e. The van der Waals surface area contributed by atoms with E-state index in [4.69, 9.17) is 4.74 Å². The summed E-state index contributed by atoms with van der Waals surface area (Å²) in [6, 6.07) is 0. The monoisotopic (exact) mass is 182 g/mol. The lowest BCUT2D eigenvalue weighted by molar-refractivity contribution is -0.135. The number of ether oxygens (including phenoxy) is 1. The third kappa shape index (κ3) is 2.68. The summed E-state index contributed by atoms with van der Waals surface area (Å²) in [5, 5.41) is 0. The van der Waals surface area contributed by atoms with E-state index in [1.54, 1.807) is 0 Å². The van der Waals surface area contributed by atoms with Crippen LogP contribution in [0.3, 0.4) is 0 Å². The van der Waals surface area contributed by atoms with Crippen LogP contribution in [-0.2, 0) is 14.3 Å². The second kappa shape index (κ2) is 3.73. The van der Waals surface area contributed by atoms with Crippen LogP contribution in [0.25, 0.3) is 0 Å². The second-order valence-corrected chi connectivity index (χ2v) is 3.93. The number of carbonyl (C=O) groups is 2. The van der Waals surface area contributed by atoms with Crippen molar-refractivity contribution in [2.75, 3.05) is 6.61 Å². The average molecular weight is 182 g/mol. The van der Waals surface area contributed by atoms with Crippen molar-refractivity contribution in [3.05, 3.63) is 11.6 Å². The molecule has 0 aliphatic carbocycles. The lowest BCUT2D eigenvalue weighted by atomic mass is 9.90. The van der Waals surface area contributed by atoms with Gasteiger partial charge in [-0.1, -0.05) is 19.9 Å². The minimum absolute atomic E-state index is 0.235. The molecule has 1 fully saturated rings. The molecular formula is C10H14O3. The maximum atomic E-state index is 11.0. The Hall–Kier alpha value is -1.12. The Balaban J connectivity index is 2.57. The van der Waals surface area contributed by atoms with Crippen molar-refractivity contribution < 1.29 is 14.3 Å². The van der Waals surface area contributed by atoms with Gasteiger partial charge in [0.25, 0.3) is 0 Å². The summed E-state index contributed by atoms with van der Waals surface area (Å²) in [4.78, 5) is 21.6. The summed E-state index contributed by atoms with van der Waals surface area (Å²) in [5.74, 6) is -0.235. The van der Waals surface area contributed by atoms with E-state index in [9.17, 15) is 9.59 Å². The minimum atomic E-state index is -0.379. The molecule has 1 saturated heterocycles. The molecule has 0 N–H and O–H groups in total. The Bertz CT molecular complexity index is 251. The summed E-state index contributed by atoms with van der Waals surface area (Å²) in [6.07, 6.45) is 3.99. The number of esters is 1. The lowest BCUT2D eigenvalue weighted by Crippen LogP contribution is -2.11. The number of hydrogen-bond acceptors (Lipinski definition) is 3. The standard InChI is InChI=1S/C10H14O3/c1-10(2,7-11)5-3-8-4-6-13-9(8)12/h3,7H,4-6H2,1-2H3/b8-3-. The van der Waals surface area contributed by atoms with Crippen LogP contribution in [-0.4, -0.2) is 18.9 Å². The Morgan fingerprint density at radius 1 is 1.54 bits per heavy atom. The molecule has 0 aromatic carbocycles. The van der Waals surface area contributed by atoms with Gasteiger partial charge >= 0.3 is 5.97 Å². The van der Waals surface area contributed by atoms with Crippen LogP contribution in [0, 0.1) is 5.41 Å². The number of allylic oxidation sites excluding steroid dienone is 1. The largest absolute Gasteiger partial charge is 0.462 e. The molecule has 0 saturated carbocycles. The highest BCUT2D eigenvalue weighted by Gasteiger charge is 2.21. The molecule has 72 valence electrons. The van der Waals surface area contributed by atoms with Gasteiger partial charge in [0.05, 0.1) is 6.61 Å². The molecule has 0 bridgehead atoms. The molecule has 1 aliphatic heterocycles. The second-order valence-electron chi connectivity index (χ2n) is 3.93. The number of aldehydes is 1. The van der Waals surface area contributed by atoms with E-state index in [-0.39, 0.29) is 11.4 Å². The van der Waals surface area contributed by atoms with E-state index in [1.807, 2.05) is 19.9 Å². The van der Waals surface area contributed by atoms with Crippen molar-refractivity contribution in [3.63, 3.8) is 0 Å². The number of hydrogen-bond donors (Lipinski definition) is 0. The van der Waals surface area contributed by atoms with Crippen LogP contribution in [0.15, 0.2) is 11.6 Å². The summed E-state index contributed by atoms with van der Waals surface area (Å²) in [6.45, 7) is 4.17. The molecule has 0 unspecified atom stereocenters. The van der Waals surface area contributed by atoms with Gasteiger partial charge in [-0.15, -0.1) is 0 Å². The van der Waals surface area contributed by atoms with Crippen LogP contribution < -0.4 is 0 Å². The fourth-order valence-corrected chi connectivity index (χ4v) is 1.07. The molecule has 3 heteroatoms. The third-order valence-corrected chi connectivity index (χ3v) is 2.06. The van der Waals surface area contributed by atoms with Gasteiger partial charge in [-0.3, -0.25) is 0 Å². The summed E-state index contributed by atoms with van der Waals surface area (Å²) < 4.78 is 4.77. The Labute approximate surface area is 77.8 Å². The van der Waals surface area contributed by atoms with Crippen LogP contribution in [0.1, 0.15) is 26.7 Å². The van der Waals surface area contributed by atoms with E-state index in [2.05, 4.69) is 0 Å². The van der Waals surface area contributed by atoms with Crippen molar-refractivity contribution in [1.29, 1.82) is 0 Å².